The summed E-state index contributed by atoms with van der Waals surface area (Å²) in [6, 6.07) is 10.5. The van der Waals surface area contributed by atoms with Crippen molar-refractivity contribution in [2.45, 2.75) is 45.3 Å². The topological polar surface area (TPSA) is 118 Å². The molecule has 198 valence electrons. The Morgan fingerprint density at radius 2 is 1.73 bits per heavy atom. The van der Waals surface area contributed by atoms with Gasteiger partial charge in [-0.05, 0) is 63.9 Å². The number of likely N-dealkylation sites (tertiary alicyclic amines) is 1. The number of hydrogen-bond donors (Lipinski definition) is 1. The number of carbonyl (C=O) groups excluding carboxylic acids is 2. The van der Waals surface area contributed by atoms with Gasteiger partial charge in [0, 0.05) is 31.6 Å². The lowest BCUT2D eigenvalue weighted by atomic mass is 10.1. The van der Waals surface area contributed by atoms with E-state index in [4.69, 9.17) is 24.7 Å². The molecule has 10 nitrogen and oxygen atoms in total. The minimum Gasteiger partial charge on any atom is -0.491 e. The van der Waals surface area contributed by atoms with Crippen molar-refractivity contribution in [2.75, 3.05) is 26.3 Å². The van der Waals surface area contributed by atoms with Gasteiger partial charge in [-0.2, -0.15) is 5.10 Å². The van der Waals surface area contributed by atoms with E-state index in [9.17, 15) is 9.59 Å². The Bertz CT molecular complexity index is 1240. The molecule has 2 aromatic carbocycles. The van der Waals surface area contributed by atoms with Gasteiger partial charge < -0.3 is 29.6 Å². The van der Waals surface area contributed by atoms with Crippen molar-refractivity contribution in [3.8, 4) is 17.2 Å². The van der Waals surface area contributed by atoms with Crippen LogP contribution in [0.5, 0.6) is 17.2 Å². The van der Waals surface area contributed by atoms with Gasteiger partial charge in [0.1, 0.15) is 29.5 Å². The number of nitrogens with two attached hydrogens (primary N) is 1. The summed E-state index contributed by atoms with van der Waals surface area (Å²) in [6.45, 7) is 7.68. The number of nitrogens with zero attached hydrogens (tertiary/aromatic N) is 3. The van der Waals surface area contributed by atoms with Crippen LogP contribution < -0.4 is 15.2 Å². The van der Waals surface area contributed by atoms with Crippen molar-refractivity contribution in [3.05, 3.63) is 48.2 Å². The van der Waals surface area contributed by atoms with Gasteiger partial charge in [0.05, 0.1) is 30.0 Å². The molecular formula is C27H34N4O6. The first-order chi connectivity index (χ1) is 17.6. The van der Waals surface area contributed by atoms with Gasteiger partial charge in [-0.3, -0.25) is 9.48 Å². The zero-order chi connectivity index (χ0) is 26.6. The van der Waals surface area contributed by atoms with Gasteiger partial charge in [-0.1, -0.05) is 0 Å². The van der Waals surface area contributed by atoms with Crippen molar-refractivity contribution in [1.82, 2.24) is 14.7 Å². The molecule has 1 aromatic heterocycles. The van der Waals surface area contributed by atoms with E-state index in [0.29, 0.717) is 43.6 Å². The lowest BCUT2D eigenvalue weighted by molar-refractivity contribution is -0.0177. The molecule has 37 heavy (non-hydrogen) atoms. The summed E-state index contributed by atoms with van der Waals surface area (Å²) in [5.41, 5.74) is 6.18. The van der Waals surface area contributed by atoms with Crippen LogP contribution in [0.15, 0.2) is 42.6 Å². The second kappa shape index (κ2) is 11.1. The van der Waals surface area contributed by atoms with E-state index >= 15 is 0 Å². The second-order valence-corrected chi connectivity index (χ2v) is 10.00. The summed E-state index contributed by atoms with van der Waals surface area (Å²) in [4.78, 5) is 25.8. The van der Waals surface area contributed by atoms with E-state index in [-0.39, 0.29) is 17.8 Å². The van der Waals surface area contributed by atoms with Crippen molar-refractivity contribution in [1.29, 1.82) is 0 Å². The molecule has 1 aliphatic heterocycles. The van der Waals surface area contributed by atoms with Crippen LogP contribution in [0.2, 0.25) is 0 Å². The van der Waals surface area contributed by atoms with Crippen LogP contribution in [0, 0.1) is 0 Å². The summed E-state index contributed by atoms with van der Waals surface area (Å²) in [7, 11) is 1.82. The summed E-state index contributed by atoms with van der Waals surface area (Å²) in [5.74, 6) is 1.01. The van der Waals surface area contributed by atoms with Gasteiger partial charge in [0.25, 0.3) is 5.91 Å². The number of rotatable bonds is 8. The SMILES string of the molecule is Cn1ncc2cc(C(N)=O)c(Oc3ccc(OCCOC4CCN(C(=O)OC(C)(C)C)CC4)cc3)cc21. The van der Waals surface area contributed by atoms with Gasteiger partial charge in [0.2, 0.25) is 0 Å². The second-order valence-electron chi connectivity index (χ2n) is 10.00. The highest BCUT2D eigenvalue weighted by Crippen LogP contribution is 2.30. The highest BCUT2D eigenvalue weighted by atomic mass is 16.6. The number of aryl methyl sites for hydroxylation is 1. The predicted molar refractivity (Wildman–Crippen MR) is 138 cm³/mol. The maximum absolute atomic E-state index is 12.2. The zero-order valence-electron chi connectivity index (χ0n) is 21.7. The molecule has 0 atom stereocenters. The molecule has 4 rings (SSSR count). The molecule has 0 unspecified atom stereocenters. The van der Waals surface area contributed by atoms with Crippen LogP contribution in [0.4, 0.5) is 4.79 Å². The highest BCUT2D eigenvalue weighted by molar-refractivity contribution is 6.00. The Labute approximate surface area is 216 Å². The van der Waals surface area contributed by atoms with Crippen LogP contribution in [-0.4, -0.2) is 64.7 Å². The largest absolute Gasteiger partial charge is 0.491 e. The minimum atomic E-state index is -0.573. The van der Waals surface area contributed by atoms with Gasteiger partial charge in [-0.15, -0.1) is 0 Å². The summed E-state index contributed by atoms with van der Waals surface area (Å²) >= 11 is 0. The monoisotopic (exact) mass is 510 g/mol. The van der Waals surface area contributed by atoms with Gasteiger partial charge in [-0.25, -0.2) is 4.79 Å². The fraction of sp³-hybridized carbons (Fsp3) is 0.444. The minimum absolute atomic E-state index is 0.0919. The number of amides is 2. The van der Waals surface area contributed by atoms with Crippen LogP contribution in [0.25, 0.3) is 10.9 Å². The molecule has 0 aliphatic carbocycles. The molecule has 1 aliphatic rings. The third-order valence-electron chi connectivity index (χ3n) is 5.96. The van der Waals surface area contributed by atoms with Crippen LogP contribution in [0.3, 0.4) is 0 Å². The summed E-state index contributed by atoms with van der Waals surface area (Å²) in [5, 5.41) is 5.01. The number of aromatic nitrogens is 2. The van der Waals surface area contributed by atoms with Crippen molar-refractivity contribution >= 4 is 22.9 Å². The maximum Gasteiger partial charge on any atom is 0.410 e. The Morgan fingerprint density at radius 3 is 2.38 bits per heavy atom. The summed E-state index contributed by atoms with van der Waals surface area (Å²) < 4.78 is 24.8. The Kier molecular flexibility index (Phi) is 7.87. The van der Waals surface area contributed by atoms with Gasteiger partial charge >= 0.3 is 6.09 Å². The first kappa shape index (κ1) is 26.3. The average molecular weight is 511 g/mol. The van der Waals surface area contributed by atoms with Crippen molar-refractivity contribution in [2.24, 2.45) is 12.8 Å². The molecule has 3 aromatic rings. The van der Waals surface area contributed by atoms with Crippen molar-refractivity contribution < 1.29 is 28.5 Å². The zero-order valence-corrected chi connectivity index (χ0v) is 21.7. The maximum atomic E-state index is 12.2. The molecule has 10 heteroatoms. The quantitative estimate of drug-likeness (QED) is 0.450. The van der Waals surface area contributed by atoms with Crippen molar-refractivity contribution in [3.63, 3.8) is 0 Å². The van der Waals surface area contributed by atoms with E-state index in [1.165, 1.54) is 0 Å². The first-order valence-corrected chi connectivity index (χ1v) is 12.3. The third kappa shape index (κ3) is 6.91. The number of primary amides is 1. The van der Waals surface area contributed by atoms with E-state index < -0.39 is 11.5 Å². The number of carbonyl (C=O) groups is 2. The number of piperidine rings is 1. The molecule has 0 saturated carbocycles. The highest BCUT2D eigenvalue weighted by Gasteiger charge is 2.27. The molecule has 1 saturated heterocycles. The molecule has 2 N–H and O–H groups in total. The number of hydrogen-bond acceptors (Lipinski definition) is 7. The lowest BCUT2D eigenvalue weighted by Crippen LogP contribution is -2.43. The number of ether oxygens (including phenoxy) is 4. The number of fused-ring (bicyclic) bond motifs is 1. The standard InChI is InChI=1S/C27H34N4O6/c1-27(2,3)37-26(33)31-11-9-20(10-12-31)35-14-13-34-19-5-7-21(8-6-19)36-24-16-23-18(17-29-30(23)4)15-22(24)25(28)32/h5-8,15-17,20H,9-14H2,1-4H3,(H2,28,32). The van der Waals surface area contributed by atoms with E-state index in [1.807, 2.05) is 27.8 Å². The van der Waals surface area contributed by atoms with Crippen LogP contribution >= 0.6 is 0 Å². The molecule has 2 amide bonds. The molecule has 0 radical (unpaired) electrons. The van der Waals surface area contributed by atoms with Gasteiger partial charge in [0.15, 0.2) is 0 Å². The molecule has 0 spiro atoms. The fourth-order valence-electron chi connectivity index (χ4n) is 4.09. The molecule has 0 bridgehead atoms. The fourth-order valence-corrected chi connectivity index (χ4v) is 4.09. The predicted octanol–water partition coefficient (Wildman–Crippen LogP) is 4.26. The molecular weight excluding hydrogens is 476 g/mol. The normalized spacial score (nSPS) is 14.5. The van der Waals surface area contributed by atoms with Crippen LogP contribution in [0.1, 0.15) is 44.0 Å². The Balaban J connectivity index is 1.23. The van der Waals surface area contributed by atoms with E-state index in [2.05, 4.69) is 5.10 Å². The third-order valence-corrected chi connectivity index (χ3v) is 5.96. The molecule has 1 fully saturated rings. The Hall–Kier alpha value is -3.79. The van der Waals surface area contributed by atoms with E-state index in [0.717, 1.165) is 23.7 Å². The lowest BCUT2D eigenvalue weighted by Gasteiger charge is -2.33. The van der Waals surface area contributed by atoms with Crippen LogP contribution in [-0.2, 0) is 16.5 Å². The number of benzene rings is 2. The average Bonchev–Trinajstić information content (AvgIpc) is 3.21. The van der Waals surface area contributed by atoms with E-state index in [1.54, 1.807) is 52.2 Å². The first-order valence-electron chi connectivity index (χ1n) is 12.3. The smallest absolute Gasteiger partial charge is 0.410 e. The Morgan fingerprint density at radius 1 is 1.05 bits per heavy atom. The summed E-state index contributed by atoms with van der Waals surface area (Å²) in [6.07, 6.45) is 3.03. The molecule has 2 heterocycles.